The summed E-state index contributed by atoms with van der Waals surface area (Å²) in [5.41, 5.74) is 4.77. The van der Waals surface area contributed by atoms with Crippen LogP contribution >= 0.6 is 0 Å². The molecule has 4 heteroatoms. The highest BCUT2D eigenvalue weighted by molar-refractivity contribution is 6.01. The Kier molecular flexibility index (Phi) is 4.55. The zero-order valence-electron chi connectivity index (χ0n) is 15.5. The summed E-state index contributed by atoms with van der Waals surface area (Å²) in [6, 6.07) is 23.8. The number of methoxy groups -OCH3 is 1. The van der Waals surface area contributed by atoms with E-state index in [9.17, 15) is 4.79 Å². The largest absolute Gasteiger partial charge is 0.496 e. The molecule has 3 aromatic rings. The van der Waals surface area contributed by atoms with Crippen molar-refractivity contribution in [1.82, 2.24) is 4.90 Å². The molecule has 136 valence electrons. The van der Waals surface area contributed by atoms with Crippen LogP contribution in [-0.2, 0) is 6.54 Å². The van der Waals surface area contributed by atoms with Gasteiger partial charge in [-0.05, 0) is 30.7 Å². The summed E-state index contributed by atoms with van der Waals surface area (Å²) in [7, 11) is 1.65. The van der Waals surface area contributed by atoms with Gasteiger partial charge in [0.2, 0.25) is 0 Å². The summed E-state index contributed by atoms with van der Waals surface area (Å²) < 4.78 is 5.56. The maximum Gasteiger partial charge on any atom is 0.258 e. The first kappa shape index (κ1) is 17.2. The summed E-state index contributed by atoms with van der Waals surface area (Å²) in [6.45, 7) is 2.58. The van der Waals surface area contributed by atoms with E-state index in [2.05, 4.69) is 36.5 Å². The number of rotatable bonds is 4. The Balaban J connectivity index is 1.78. The van der Waals surface area contributed by atoms with Gasteiger partial charge in [-0.1, -0.05) is 60.2 Å². The van der Waals surface area contributed by atoms with Crippen molar-refractivity contribution >= 4 is 11.6 Å². The van der Waals surface area contributed by atoms with Crippen LogP contribution in [0, 0.1) is 6.92 Å². The Labute approximate surface area is 159 Å². The molecule has 27 heavy (non-hydrogen) atoms. The number of amides is 1. The van der Waals surface area contributed by atoms with Crippen molar-refractivity contribution in [3.63, 3.8) is 0 Å². The second-order valence-corrected chi connectivity index (χ2v) is 6.75. The van der Waals surface area contributed by atoms with E-state index in [1.165, 1.54) is 5.56 Å². The molecular weight excluding hydrogens is 336 g/mol. The lowest BCUT2D eigenvalue weighted by Crippen LogP contribution is -2.42. The number of benzene rings is 3. The quantitative estimate of drug-likeness (QED) is 0.730. The van der Waals surface area contributed by atoms with Gasteiger partial charge in [0.15, 0.2) is 0 Å². The van der Waals surface area contributed by atoms with Crippen molar-refractivity contribution in [2.24, 2.45) is 0 Å². The van der Waals surface area contributed by atoms with Gasteiger partial charge in [-0.2, -0.15) is 0 Å². The van der Waals surface area contributed by atoms with E-state index < -0.39 is 0 Å². The number of ether oxygens (including phenoxy) is 1. The highest BCUT2D eigenvalue weighted by Gasteiger charge is 2.34. The van der Waals surface area contributed by atoms with Gasteiger partial charge >= 0.3 is 0 Å². The lowest BCUT2D eigenvalue weighted by atomic mass is 10.0. The van der Waals surface area contributed by atoms with E-state index in [4.69, 9.17) is 4.74 Å². The Hall–Kier alpha value is -3.27. The highest BCUT2D eigenvalue weighted by atomic mass is 16.5. The highest BCUT2D eigenvalue weighted by Crippen LogP contribution is 2.37. The van der Waals surface area contributed by atoms with Gasteiger partial charge in [-0.3, -0.25) is 4.79 Å². The van der Waals surface area contributed by atoms with E-state index in [0.717, 1.165) is 22.6 Å². The van der Waals surface area contributed by atoms with E-state index >= 15 is 0 Å². The number of carbonyl (C=O) groups excluding carboxylic acids is 1. The van der Waals surface area contributed by atoms with Crippen molar-refractivity contribution in [3.8, 4) is 5.75 Å². The molecule has 0 spiro atoms. The van der Waals surface area contributed by atoms with Crippen molar-refractivity contribution < 1.29 is 9.53 Å². The summed E-state index contributed by atoms with van der Waals surface area (Å²) in [4.78, 5) is 15.2. The van der Waals surface area contributed by atoms with Gasteiger partial charge in [0, 0.05) is 17.8 Å². The first-order chi connectivity index (χ1) is 13.2. The summed E-state index contributed by atoms with van der Waals surface area (Å²) in [5, 5.41) is 3.53. The number of nitrogens with zero attached hydrogens (tertiary/aromatic N) is 1. The minimum atomic E-state index is -0.301. The van der Waals surface area contributed by atoms with Gasteiger partial charge in [-0.25, -0.2) is 0 Å². The smallest absolute Gasteiger partial charge is 0.258 e. The van der Waals surface area contributed by atoms with Crippen LogP contribution in [0.3, 0.4) is 0 Å². The molecule has 0 saturated heterocycles. The van der Waals surface area contributed by atoms with Gasteiger partial charge in [-0.15, -0.1) is 0 Å². The van der Waals surface area contributed by atoms with Crippen molar-refractivity contribution in [3.05, 3.63) is 95.1 Å². The molecule has 1 atom stereocenters. The number of anilines is 1. The van der Waals surface area contributed by atoms with E-state index in [-0.39, 0.29) is 12.1 Å². The van der Waals surface area contributed by atoms with Crippen LogP contribution in [0.1, 0.15) is 33.2 Å². The number of hydrogen-bond acceptors (Lipinski definition) is 3. The number of para-hydroxylation sites is 2. The second-order valence-electron chi connectivity index (χ2n) is 6.75. The standard InChI is InChI=1S/C23H22N2O2/c1-16-11-13-17(14-12-16)15-25-22(19-8-4-6-10-21(19)27-2)24-20-9-5-3-7-18(20)23(25)26/h3-14,22,24H,15H2,1-2H3/t22-/m1/s1. The molecule has 1 heterocycles. The minimum absolute atomic E-state index is 0.0147. The average molecular weight is 358 g/mol. The third-order valence-corrected chi connectivity index (χ3v) is 4.93. The number of aryl methyl sites for hydroxylation is 1. The normalized spacial score (nSPS) is 15.9. The van der Waals surface area contributed by atoms with E-state index in [1.54, 1.807) is 7.11 Å². The first-order valence-corrected chi connectivity index (χ1v) is 9.02. The molecule has 4 nitrogen and oxygen atoms in total. The molecule has 1 amide bonds. The van der Waals surface area contributed by atoms with Gasteiger partial charge in [0.1, 0.15) is 11.9 Å². The van der Waals surface area contributed by atoms with Crippen LogP contribution in [0.2, 0.25) is 0 Å². The Morgan fingerprint density at radius 1 is 0.963 bits per heavy atom. The lowest BCUT2D eigenvalue weighted by Gasteiger charge is -2.38. The molecule has 0 saturated carbocycles. The van der Waals surface area contributed by atoms with E-state index in [0.29, 0.717) is 12.1 Å². The first-order valence-electron chi connectivity index (χ1n) is 9.02. The topological polar surface area (TPSA) is 41.6 Å². The van der Waals surface area contributed by atoms with Gasteiger partial charge in [0.25, 0.3) is 5.91 Å². The van der Waals surface area contributed by atoms with Gasteiger partial charge in [0.05, 0.1) is 12.7 Å². The molecule has 0 aliphatic carbocycles. The molecular formula is C23H22N2O2. The van der Waals surface area contributed by atoms with Gasteiger partial charge < -0.3 is 15.0 Å². The number of fused-ring (bicyclic) bond motifs is 1. The van der Waals surface area contributed by atoms with Crippen LogP contribution < -0.4 is 10.1 Å². The molecule has 0 fully saturated rings. The fourth-order valence-electron chi connectivity index (χ4n) is 3.48. The second kappa shape index (κ2) is 7.16. The zero-order chi connectivity index (χ0) is 18.8. The SMILES string of the molecule is COc1ccccc1[C@@H]1Nc2ccccc2C(=O)N1Cc1ccc(C)cc1. The third-order valence-electron chi connectivity index (χ3n) is 4.93. The molecule has 0 unspecified atom stereocenters. The van der Waals surface area contributed by atoms with Crippen molar-refractivity contribution in [1.29, 1.82) is 0 Å². The third kappa shape index (κ3) is 3.26. The van der Waals surface area contributed by atoms with Crippen LogP contribution in [-0.4, -0.2) is 17.9 Å². The Morgan fingerprint density at radius 2 is 1.67 bits per heavy atom. The fourth-order valence-corrected chi connectivity index (χ4v) is 3.48. The van der Waals surface area contributed by atoms with Crippen LogP contribution in [0.4, 0.5) is 5.69 Å². The summed E-state index contributed by atoms with van der Waals surface area (Å²) in [6.07, 6.45) is -0.301. The number of nitrogens with one attached hydrogen (secondary N) is 1. The van der Waals surface area contributed by atoms with Crippen molar-refractivity contribution in [2.45, 2.75) is 19.6 Å². The molecule has 0 bridgehead atoms. The Morgan fingerprint density at radius 3 is 2.44 bits per heavy atom. The molecule has 4 rings (SSSR count). The number of hydrogen-bond donors (Lipinski definition) is 1. The maximum atomic E-state index is 13.3. The van der Waals surface area contributed by atoms with Crippen molar-refractivity contribution in [2.75, 3.05) is 12.4 Å². The molecule has 0 radical (unpaired) electrons. The molecule has 1 N–H and O–H groups in total. The zero-order valence-corrected chi connectivity index (χ0v) is 15.5. The molecule has 1 aliphatic rings. The van der Waals surface area contributed by atoms with E-state index in [1.807, 2.05) is 53.4 Å². The van der Waals surface area contributed by atoms with Crippen LogP contribution in [0.15, 0.2) is 72.8 Å². The predicted molar refractivity (Wildman–Crippen MR) is 107 cm³/mol. The number of carbonyl (C=O) groups is 1. The maximum absolute atomic E-state index is 13.3. The average Bonchev–Trinajstić information content (AvgIpc) is 2.71. The minimum Gasteiger partial charge on any atom is -0.496 e. The summed E-state index contributed by atoms with van der Waals surface area (Å²) >= 11 is 0. The van der Waals surface area contributed by atoms with Crippen LogP contribution in [0.25, 0.3) is 0 Å². The molecule has 1 aliphatic heterocycles. The summed E-state index contributed by atoms with van der Waals surface area (Å²) in [5.74, 6) is 0.775. The fraction of sp³-hybridized carbons (Fsp3) is 0.174. The molecule has 3 aromatic carbocycles. The van der Waals surface area contributed by atoms with Crippen LogP contribution in [0.5, 0.6) is 5.75 Å². The molecule has 0 aromatic heterocycles. The monoisotopic (exact) mass is 358 g/mol. The Bertz CT molecular complexity index is 966. The predicted octanol–water partition coefficient (Wildman–Crippen LogP) is 4.77. The lowest BCUT2D eigenvalue weighted by molar-refractivity contribution is 0.0664.